The summed E-state index contributed by atoms with van der Waals surface area (Å²) in [4.78, 5) is 25.3. The standard InChI is InChI=1S/C23H27N3O4/c1-4-29-19-13-8-9-14-20(19)30-16-10-15-21(27)24-22-17(2)25(3)26(23(22)28)18-11-6-5-7-12-18/h5-9,11-14H,4,10,15-16H2,1-3H3,(H,24,27). The molecule has 3 aromatic rings. The lowest BCUT2D eigenvalue weighted by atomic mass is 10.3. The largest absolute Gasteiger partial charge is 0.490 e. The van der Waals surface area contributed by atoms with Gasteiger partial charge in [0, 0.05) is 13.5 Å². The number of benzene rings is 2. The lowest BCUT2D eigenvalue weighted by Gasteiger charge is -2.11. The molecule has 0 aliphatic rings. The van der Waals surface area contributed by atoms with Crippen LogP contribution in [0, 0.1) is 6.92 Å². The van der Waals surface area contributed by atoms with Crippen LogP contribution in [0.4, 0.5) is 5.69 Å². The third kappa shape index (κ3) is 4.74. The quantitative estimate of drug-likeness (QED) is 0.547. The van der Waals surface area contributed by atoms with Crippen LogP contribution >= 0.6 is 0 Å². The van der Waals surface area contributed by atoms with Gasteiger partial charge in [-0.25, -0.2) is 4.68 Å². The number of hydrogen-bond donors (Lipinski definition) is 1. The molecule has 0 saturated heterocycles. The number of carbonyl (C=O) groups excluding carboxylic acids is 1. The number of aromatic nitrogens is 2. The number of ether oxygens (including phenoxy) is 2. The van der Waals surface area contributed by atoms with Gasteiger partial charge in [-0.05, 0) is 44.5 Å². The van der Waals surface area contributed by atoms with Crippen molar-refractivity contribution < 1.29 is 14.3 Å². The van der Waals surface area contributed by atoms with Crippen molar-refractivity contribution in [2.75, 3.05) is 18.5 Å². The Bertz CT molecular complexity index is 1050. The number of rotatable bonds is 9. The summed E-state index contributed by atoms with van der Waals surface area (Å²) in [5.41, 5.74) is 1.49. The second-order valence-corrected chi connectivity index (χ2v) is 6.82. The molecule has 1 N–H and O–H groups in total. The number of hydrogen-bond acceptors (Lipinski definition) is 4. The summed E-state index contributed by atoms with van der Waals surface area (Å²) >= 11 is 0. The summed E-state index contributed by atoms with van der Waals surface area (Å²) in [7, 11) is 1.79. The van der Waals surface area contributed by atoms with Crippen LogP contribution in [0.15, 0.2) is 59.4 Å². The molecule has 0 aliphatic carbocycles. The van der Waals surface area contributed by atoms with Gasteiger partial charge in [0.15, 0.2) is 11.5 Å². The predicted octanol–water partition coefficient (Wildman–Crippen LogP) is 3.68. The van der Waals surface area contributed by atoms with E-state index in [1.54, 1.807) is 16.4 Å². The molecule has 30 heavy (non-hydrogen) atoms. The van der Waals surface area contributed by atoms with Crippen LogP contribution < -0.4 is 20.3 Å². The molecule has 0 saturated carbocycles. The zero-order valence-electron chi connectivity index (χ0n) is 17.6. The Hall–Kier alpha value is -3.48. The predicted molar refractivity (Wildman–Crippen MR) is 117 cm³/mol. The Morgan fingerprint density at radius 2 is 1.63 bits per heavy atom. The minimum atomic E-state index is -0.253. The van der Waals surface area contributed by atoms with Crippen LogP contribution in [0.5, 0.6) is 11.5 Å². The Balaban J connectivity index is 1.59. The van der Waals surface area contributed by atoms with Gasteiger partial charge < -0.3 is 14.8 Å². The lowest BCUT2D eigenvalue weighted by molar-refractivity contribution is -0.116. The van der Waals surface area contributed by atoms with Crippen molar-refractivity contribution >= 4 is 11.6 Å². The fraction of sp³-hybridized carbons (Fsp3) is 0.304. The zero-order chi connectivity index (χ0) is 21.5. The van der Waals surface area contributed by atoms with Crippen molar-refractivity contribution in [2.45, 2.75) is 26.7 Å². The fourth-order valence-electron chi connectivity index (χ4n) is 3.17. The molecule has 0 bridgehead atoms. The number of anilines is 1. The monoisotopic (exact) mass is 409 g/mol. The molecule has 1 aromatic heterocycles. The highest BCUT2D eigenvalue weighted by Gasteiger charge is 2.18. The Morgan fingerprint density at radius 1 is 1.00 bits per heavy atom. The van der Waals surface area contributed by atoms with Crippen LogP contribution in [0.25, 0.3) is 5.69 Å². The molecule has 0 radical (unpaired) electrons. The summed E-state index contributed by atoms with van der Waals surface area (Å²) in [6.45, 7) is 4.65. The van der Waals surface area contributed by atoms with Gasteiger partial charge in [-0.1, -0.05) is 30.3 Å². The van der Waals surface area contributed by atoms with Gasteiger partial charge in [-0.3, -0.25) is 14.3 Å². The minimum Gasteiger partial charge on any atom is -0.490 e. The van der Waals surface area contributed by atoms with Crippen LogP contribution in [0.3, 0.4) is 0 Å². The fourth-order valence-corrected chi connectivity index (χ4v) is 3.17. The molecule has 7 heteroatoms. The maximum Gasteiger partial charge on any atom is 0.295 e. The van der Waals surface area contributed by atoms with Gasteiger partial charge in [-0.2, -0.15) is 0 Å². The summed E-state index contributed by atoms with van der Waals surface area (Å²) in [5, 5.41) is 2.77. The highest BCUT2D eigenvalue weighted by Crippen LogP contribution is 2.26. The van der Waals surface area contributed by atoms with Gasteiger partial charge in [0.05, 0.1) is 24.6 Å². The van der Waals surface area contributed by atoms with Crippen molar-refractivity contribution in [1.29, 1.82) is 0 Å². The number of carbonyl (C=O) groups is 1. The molecule has 0 spiro atoms. The molecular weight excluding hydrogens is 382 g/mol. The summed E-state index contributed by atoms with van der Waals surface area (Å²) in [5.74, 6) is 1.12. The number of para-hydroxylation sites is 3. The normalized spacial score (nSPS) is 10.6. The second kappa shape index (κ2) is 9.82. The third-order valence-corrected chi connectivity index (χ3v) is 4.77. The molecule has 7 nitrogen and oxygen atoms in total. The van der Waals surface area contributed by atoms with Crippen molar-refractivity contribution in [2.24, 2.45) is 7.05 Å². The molecule has 158 valence electrons. The Kier molecular flexibility index (Phi) is 6.95. The number of amides is 1. The third-order valence-electron chi connectivity index (χ3n) is 4.77. The number of nitrogens with zero attached hydrogens (tertiary/aromatic N) is 2. The van der Waals surface area contributed by atoms with Crippen molar-refractivity contribution in [3.8, 4) is 17.2 Å². The molecule has 1 heterocycles. The molecule has 0 unspecified atom stereocenters. The first kappa shape index (κ1) is 21.2. The maximum atomic E-state index is 12.8. The molecule has 0 fully saturated rings. The molecule has 1 amide bonds. The number of nitrogens with one attached hydrogen (secondary N) is 1. The van der Waals surface area contributed by atoms with Gasteiger partial charge in [0.25, 0.3) is 5.56 Å². The first-order valence-corrected chi connectivity index (χ1v) is 10.0. The van der Waals surface area contributed by atoms with E-state index in [2.05, 4.69) is 5.32 Å². The van der Waals surface area contributed by atoms with Gasteiger partial charge in [-0.15, -0.1) is 0 Å². The van der Waals surface area contributed by atoms with E-state index in [1.807, 2.05) is 68.4 Å². The van der Waals surface area contributed by atoms with Gasteiger partial charge in [0.1, 0.15) is 5.69 Å². The van der Waals surface area contributed by atoms with E-state index in [1.165, 1.54) is 0 Å². The molecule has 0 aliphatic heterocycles. The molecule has 0 atom stereocenters. The van der Waals surface area contributed by atoms with E-state index >= 15 is 0 Å². The van der Waals surface area contributed by atoms with E-state index in [9.17, 15) is 9.59 Å². The van der Waals surface area contributed by atoms with Crippen LogP contribution in [-0.2, 0) is 11.8 Å². The van der Waals surface area contributed by atoms with E-state index in [4.69, 9.17) is 9.47 Å². The first-order chi connectivity index (χ1) is 14.5. The van der Waals surface area contributed by atoms with E-state index in [0.717, 1.165) is 5.69 Å². The van der Waals surface area contributed by atoms with Crippen LogP contribution in [0.2, 0.25) is 0 Å². The molecule has 2 aromatic carbocycles. The van der Waals surface area contributed by atoms with Crippen molar-refractivity contribution in [3.63, 3.8) is 0 Å². The summed E-state index contributed by atoms with van der Waals surface area (Å²) < 4.78 is 14.5. The van der Waals surface area contributed by atoms with E-state index < -0.39 is 0 Å². The van der Waals surface area contributed by atoms with Crippen molar-refractivity contribution in [1.82, 2.24) is 9.36 Å². The summed E-state index contributed by atoms with van der Waals surface area (Å²) in [6, 6.07) is 16.8. The maximum absolute atomic E-state index is 12.8. The van der Waals surface area contributed by atoms with Crippen LogP contribution in [0.1, 0.15) is 25.5 Å². The highest BCUT2D eigenvalue weighted by atomic mass is 16.5. The summed E-state index contributed by atoms with van der Waals surface area (Å²) in [6.07, 6.45) is 0.765. The van der Waals surface area contributed by atoms with E-state index in [-0.39, 0.29) is 17.9 Å². The Morgan fingerprint density at radius 3 is 2.30 bits per heavy atom. The second-order valence-electron chi connectivity index (χ2n) is 6.82. The minimum absolute atomic E-state index is 0.220. The van der Waals surface area contributed by atoms with Crippen molar-refractivity contribution in [3.05, 3.63) is 70.6 Å². The van der Waals surface area contributed by atoms with Crippen LogP contribution in [-0.4, -0.2) is 28.5 Å². The molecule has 3 rings (SSSR count). The Labute approximate surface area is 175 Å². The zero-order valence-corrected chi connectivity index (χ0v) is 17.6. The van der Waals surface area contributed by atoms with Gasteiger partial charge in [0.2, 0.25) is 5.91 Å². The average molecular weight is 409 g/mol. The smallest absolute Gasteiger partial charge is 0.295 e. The topological polar surface area (TPSA) is 74.5 Å². The highest BCUT2D eigenvalue weighted by molar-refractivity contribution is 5.91. The average Bonchev–Trinajstić information content (AvgIpc) is 2.96. The van der Waals surface area contributed by atoms with E-state index in [0.29, 0.717) is 42.5 Å². The SMILES string of the molecule is CCOc1ccccc1OCCCC(=O)Nc1c(C)n(C)n(-c2ccccc2)c1=O. The van der Waals surface area contributed by atoms with Gasteiger partial charge >= 0.3 is 0 Å². The first-order valence-electron chi connectivity index (χ1n) is 10.0. The molecular formula is C23H27N3O4. The lowest BCUT2D eigenvalue weighted by Crippen LogP contribution is -2.23.